The first-order chi connectivity index (χ1) is 12.1. The van der Waals surface area contributed by atoms with Crippen molar-refractivity contribution in [1.82, 2.24) is 10.2 Å². The Hall–Kier alpha value is -1.66. The highest BCUT2D eigenvalue weighted by molar-refractivity contribution is 5.75. The van der Waals surface area contributed by atoms with Crippen LogP contribution in [0.25, 0.3) is 0 Å². The smallest absolute Gasteiger partial charge is 0.317 e. The second-order valence-corrected chi connectivity index (χ2v) is 7.47. The van der Waals surface area contributed by atoms with Crippen LogP contribution in [-0.4, -0.2) is 55.0 Å². The SMILES string of the molecule is C[C@H]1OCC[C@]12CN(C(=O)NC1CC(c3cccc(F)c3)C1)CCO2. The number of amides is 2. The summed E-state index contributed by atoms with van der Waals surface area (Å²) in [7, 11) is 0. The summed E-state index contributed by atoms with van der Waals surface area (Å²) in [6.07, 6.45) is 2.58. The molecule has 2 atom stereocenters. The van der Waals surface area contributed by atoms with Crippen molar-refractivity contribution < 1.29 is 18.7 Å². The summed E-state index contributed by atoms with van der Waals surface area (Å²) in [4.78, 5) is 14.5. The minimum absolute atomic E-state index is 0.0177. The zero-order chi connectivity index (χ0) is 17.4. The third-order valence-corrected chi connectivity index (χ3v) is 5.92. The molecule has 1 aliphatic carbocycles. The molecular formula is C19H25FN2O3. The highest BCUT2D eigenvalue weighted by Gasteiger charge is 2.47. The number of carbonyl (C=O) groups is 1. The van der Waals surface area contributed by atoms with E-state index in [9.17, 15) is 9.18 Å². The molecule has 2 saturated heterocycles. The van der Waals surface area contributed by atoms with E-state index in [2.05, 4.69) is 5.32 Å². The molecule has 1 spiro atoms. The lowest BCUT2D eigenvalue weighted by Crippen LogP contribution is -2.60. The number of benzene rings is 1. The molecule has 6 heteroatoms. The summed E-state index contributed by atoms with van der Waals surface area (Å²) < 4.78 is 24.9. The molecule has 4 rings (SSSR count). The van der Waals surface area contributed by atoms with Gasteiger partial charge < -0.3 is 19.7 Å². The summed E-state index contributed by atoms with van der Waals surface area (Å²) in [5.74, 6) is 0.136. The molecule has 0 unspecified atom stereocenters. The molecular weight excluding hydrogens is 323 g/mol. The summed E-state index contributed by atoms with van der Waals surface area (Å²) in [5, 5.41) is 3.12. The summed E-state index contributed by atoms with van der Waals surface area (Å²) in [6, 6.07) is 6.90. The Bertz CT molecular complexity index is 649. The van der Waals surface area contributed by atoms with E-state index in [0.29, 0.717) is 32.2 Å². The minimum atomic E-state index is -0.348. The van der Waals surface area contributed by atoms with Crippen LogP contribution in [0.5, 0.6) is 0 Å². The van der Waals surface area contributed by atoms with Gasteiger partial charge >= 0.3 is 6.03 Å². The molecule has 3 aliphatic rings. The predicted octanol–water partition coefficient (Wildman–Crippen LogP) is 2.66. The van der Waals surface area contributed by atoms with Crippen LogP contribution < -0.4 is 5.32 Å². The molecule has 3 fully saturated rings. The van der Waals surface area contributed by atoms with Gasteiger partial charge in [0.1, 0.15) is 11.4 Å². The monoisotopic (exact) mass is 348 g/mol. The summed E-state index contributed by atoms with van der Waals surface area (Å²) >= 11 is 0. The summed E-state index contributed by atoms with van der Waals surface area (Å²) in [5.41, 5.74) is 0.673. The van der Waals surface area contributed by atoms with Gasteiger partial charge in [-0.05, 0) is 43.4 Å². The molecule has 1 aromatic rings. The maximum atomic E-state index is 13.3. The topological polar surface area (TPSA) is 50.8 Å². The molecule has 2 amide bonds. The number of ether oxygens (including phenoxy) is 2. The van der Waals surface area contributed by atoms with E-state index in [0.717, 1.165) is 24.8 Å². The Morgan fingerprint density at radius 1 is 1.36 bits per heavy atom. The summed E-state index contributed by atoms with van der Waals surface area (Å²) in [6.45, 7) is 4.45. The van der Waals surface area contributed by atoms with Crippen LogP contribution in [0.4, 0.5) is 9.18 Å². The van der Waals surface area contributed by atoms with Crippen LogP contribution in [-0.2, 0) is 9.47 Å². The van der Waals surface area contributed by atoms with Crippen LogP contribution in [0.1, 0.15) is 37.7 Å². The fourth-order valence-electron chi connectivity index (χ4n) is 4.18. The molecule has 5 nitrogen and oxygen atoms in total. The Morgan fingerprint density at radius 2 is 2.20 bits per heavy atom. The lowest BCUT2D eigenvalue weighted by molar-refractivity contribution is -0.125. The number of urea groups is 1. The molecule has 2 heterocycles. The van der Waals surface area contributed by atoms with Crippen molar-refractivity contribution in [3.05, 3.63) is 35.6 Å². The molecule has 2 aliphatic heterocycles. The van der Waals surface area contributed by atoms with Crippen LogP contribution >= 0.6 is 0 Å². The molecule has 0 radical (unpaired) electrons. The molecule has 136 valence electrons. The van der Waals surface area contributed by atoms with E-state index in [4.69, 9.17) is 9.47 Å². The van der Waals surface area contributed by atoms with Crippen molar-refractivity contribution in [3.8, 4) is 0 Å². The number of hydrogen-bond donors (Lipinski definition) is 1. The molecule has 0 aromatic heterocycles. The maximum absolute atomic E-state index is 13.3. The first kappa shape index (κ1) is 16.8. The van der Waals surface area contributed by atoms with Gasteiger partial charge in [0.15, 0.2) is 0 Å². The zero-order valence-corrected chi connectivity index (χ0v) is 14.5. The number of nitrogens with one attached hydrogen (secondary N) is 1. The van der Waals surface area contributed by atoms with Gasteiger partial charge in [0.05, 0.1) is 19.3 Å². The van der Waals surface area contributed by atoms with Gasteiger partial charge in [0.2, 0.25) is 0 Å². The highest BCUT2D eigenvalue weighted by Crippen LogP contribution is 2.37. The standard InChI is InChI=1S/C19H25FN2O3/c1-13-19(5-7-24-13)12-22(6-8-25-19)18(23)21-17-10-15(11-17)14-3-2-4-16(20)9-14/h2-4,9,13,15,17H,5-8,10-12H2,1H3,(H,21,23)/t13-,15?,17?,19+/m1/s1. The third-order valence-electron chi connectivity index (χ3n) is 5.92. The van der Waals surface area contributed by atoms with Crippen molar-refractivity contribution in [2.75, 3.05) is 26.3 Å². The van der Waals surface area contributed by atoms with Gasteiger partial charge in [-0.15, -0.1) is 0 Å². The average molecular weight is 348 g/mol. The number of rotatable bonds is 2. The van der Waals surface area contributed by atoms with Gasteiger partial charge in [0, 0.05) is 25.6 Å². The molecule has 25 heavy (non-hydrogen) atoms. The lowest BCUT2D eigenvalue weighted by Gasteiger charge is -2.43. The number of halogens is 1. The Morgan fingerprint density at radius 3 is 2.92 bits per heavy atom. The van der Waals surface area contributed by atoms with E-state index in [1.54, 1.807) is 12.1 Å². The van der Waals surface area contributed by atoms with Gasteiger partial charge in [-0.25, -0.2) is 9.18 Å². The fraction of sp³-hybridized carbons (Fsp3) is 0.632. The zero-order valence-electron chi connectivity index (χ0n) is 14.5. The van der Waals surface area contributed by atoms with Gasteiger partial charge in [-0.3, -0.25) is 0 Å². The van der Waals surface area contributed by atoms with E-state index in [-0.39, 0.29) is 29.6 Å². The number of carbonyl (C=O) groups excluding carboxylic acids is 1. The first-order valence-corrected chi connectivity index (χ1v) is 9.12. The van der Waals surface area contributed by atoms with Crippen LogP contribution in [0.15, 0.2) is 24.3 Å². The molecule has 1 saturated carbocycles. The number of hydrogen-bond acceptors (Lipinski definition) is 3. The Balaban J connectivity index is 1.30. The minimum Gasteiger partial charge on any atom is -0.375 e. The second-order valence-electron chi connectivity index (χ2n) is 7.47. The second kappa shape index (κ2) is 6.57. The van der Waals surface area contributed by atoms with Crippen LogP contribution in [0, 0.1) is 5.82 Å². The molecule has 1 aromatic carbocycles. The maximum Gasteiger partial charge on any atom is 0.317 e. The normalized spacial score (nSPS) is 34.8. The van der Waals surface area contributed by atoms with Crippen molar-refractivity contribution in [3.63, 3.8) is 0 Å². The van der Waals surface area contributed by atoms with Gasteiger partial charge in [-0.2, -0.15) is 0 Å². The van der Waals surface area contributed by atoms with E-state index >= 15 is 0 Å². The first-order valence-electron chi connectivity index (χ1n) is 9.12. The Labute approximate surface area is 147 Å². The van der Waals surface area contributed by atoms with E-state index in [1.807, 2.05) is 17.9 Å². The van der Waals surface area contributed by atoms with Crippen molar-refractivity contribution in [2.45, 2.75) is 49.9 Å². The fourth-order valence-corrected chi connectivity index (χ4v) is 4.18. The van der Waals surface area contributed by atoms with Crippen molar-refractivity contribution in [1.29, 1.82) is 0 Å². The lowest BCUT2D eigenvalue weighted by atomic mass is 9.76. The van der Waals surface area contributed by atoms with Crippen LogP contribution in [0.3, 0.4) is 0 Å². The molecule has 1 N–H and O–H groups in total. The Kier molecular flexibility index (Phi) is 4.41. The predicted molar refractivity (Wildman–Crippen MR) is 91.0 cm³/mol. The van der Waals surface area contributed by atoms with Crippen molar-refractivity contribution >= 4 is 6.03 Å². The third kappa shape index (κ3) is 3.25. The number of morpholine rings is 1. The van der Waals surface area contributed by atoms with Gasteiger partial charge in [0.25, 0.3) is 0 Å². The van der Waals surface area contributed by atoms with Gasteiger partial charge in [-0.1, -0.05) is 12.1 Å². The van der Waals surface area contributed by atoms with Crippen molar-refractivity contribution in [2.24, 2.45) is 0 Å². The van der Waals surface area contributed by atoms with Crippen LogP contribution in [0.2, 0.25) is 0 Å². The average Bonchev–Trinajstić information content (AvgIpc) is 2.90. The quantitative estimate of drug-likeness (QED) is 0.894. The highest BCUT2D eigenvalue weighted by atomic mass is 19.1. The van der Waals surface area contributed by atoms with E-state index < -0.39 is 0 Å². The molecule has 0 bridgehead atoms. The van der Waals surface area contributed by atoms with E-state index in [1.165, 1.54) is 6.07 Å². The largest absolute Gasteiger partial charge is 0.375 e. The number of nitrogens with zero attached hydrogens (tertiary/aromatic N) is 1.